The number of hydrogen-bond donors (Lipinski definition) is 0. The van der Waals surface area contributed by atoms with Crippen molar-refractivity contribution in [2.24, 2.45) is 0 Å². The Morgan fingerprint density at radius 1 is 0.727 bits per heavy atom. The molecule has 0 heteroatoms. The SMILES string of the molecule is CCc1cccc(C2(c3cccc(CC)c3)CCCCC2)c1. The molecule has 22 heavy (non-hydrogen) atoms. The normalized spacial score (nSPS) is 17.4. The van der Waals surface area contributed by atoms with Crippen molar-refractivity contribution in [3.8, 4) is 0 Å². The van der Waals surface area contributed by atoms with Gasteiger partial charge < -0.3 is 0 Å². The summed E-state index contributed by atoms with van der Waals surface area (Å²) in [4.78, 5) is 0. The molecule has 0 aromatic heterocycles. The first-order valence-electron chi connectivity index (χ1n) is 8.97. The molecule has 1 saturated carbocycles. The quantitative estimate of drug-likeness (QED) is 0.642. The van der Waals surface area contributed by atoms with E-state index in [-0.39, 0.29) is 5.41 Å². The fraction of sp³-hybridized carbons (Fsp3) is 0.455. The van der Waals surface area contributed by atoms with Gasteiger partial charge in [-0.1, -0.05) is 81.6 Å². The molecule has 0 aliphatic heterocycles. The minimum Gasteiger partial charge on any atom is -0.0617 e. The van der Waals surface area contributed by atoms with E-state index in [2.05, 4.69) is 62.4 Å². The summed E-state index contributed by atoms with van der Waals surface area (Å²) in [6, 6.07) is 18.7. The van der Waals surface area contributed by atoms with Gasteiger partial charge in [-0.3, -0.25) is 0 Å². The lowest BCUT2D eigenvalue weighted by molar-refractivity contribution is 0.345. The van der Waals surface area contributed by atoms with Crippen LogP contribution in [0.5, 0.6) is 0 Å². The minimum absolute atomic E-state index is 0.245. The molecule has 3 rings (SSSR count). The third kappa shape index (κ3) is 2.84. The van der Waals surface area contributed by atoms with Gasteiger partial charge in [-0.05, 0) is 47.9 Å². The maximum absolute atomic E-state index is 2.46. The highest BCUT2D eigenvalue weighted by atomic mass is 14.4. The second-order valence-corrected chi connectivity index (χ2v) is 6.75. The van der Waals surface area contributed by atoms with Crippen LogP contribution in [0, 0.1) is 0 Å². The molecular formula is C22H28. The maximum Gasteiger partial charge on any atom is 0.0203 e. The molecule has 0 bridgehead atoms. The molecular weight excluding hydrogens is 264 g/mol. The predicted octanol–water partition coefficient (Wildman–Crippen LogP) is 6.06. The standard InChI is InChI=1S/C22H28/c1-3-18-10-8-12-20(16-18)22(14-6-5-7-15-22)21-13-9-11-19(4-2)17-21/h8-13,16-17H,3-7,14-15H2,1-2H3. The van der Waals surface area contributed by atoms with Crippen molar-refractivity contribution < 1.29 is 0 Å². The zero-order chi connectivity index (χ0) is 15.4. The molecule has 2 aromatic carbocycles. The molecule has 1 aliphatic rings. The summed E-state index contributed by atoms with van der Waals surface area (Å²) in [5.74, 6) is 0. The van der Waals surface area contributed by atoms with Crippen molar-refractivity contribution in [2.75, 3.05) is 0 Å². The first kappa shape index (κ1) is 15.3. The Morgan fingerprint density at radius 2 is 1.23 bits per heavy atom. The Labute approximate surface area is 135 Å². The summed E-state index contributed by atoms with van der Waals surface area (Å²) < 4.78 is 0. The van der Waals surface area contributed by atoms with Crippen molar-refractivity contribution >= 4 is 0 Å². The number of benzene rings is 2. The van der Waals surface area contributed by atoms with Crippen LogP contribution in [0.3, 0.4) is 0 Å². The largest absolute Gasteiger partial charge is 0.0617 e. The molecule has 0 nitrogen and oxygen atoms in total. The molecule has 1 aliphatic carbocycles. The highest BCUT2D eigenvalue weighted by molar-refractivity contribution is 5.43. The summed E-state index contributed by atoms with van der Waals surface area (Å²) >= 11 is 0. The lowest BCUT2D eigenvalue weighted by atomic mass is 9.65. The van der Waals surface area contributed by atoms with Crippen LogP contribution in [-0.2, 0) is 18.3 Å². The monoisotopic (exact) mass is 292 g/mol. The molecule has 0 atom stereocenters. The van der Waals surface area contributed by atoms with E-state index >= 15 is 0 Å². The Hall–Kier alpha value is -1.56. The highest BCUT2D eigenvalue weighted by Crippen LogP contribution is 2.45. The molecule has 1 fully saturated rings. The molecule has 0 N–H and O–H groups in total. The highest BCUT2D eigenvalue weighted by Gasteiger charge is 2.35. The molecule has 116 valence electrons. The lowest BCUT2D eigenvalue weighted by Gasteiger charge is -2.39. The van der Waals surface area contributed by atoms with Crippen LogP contribution >= 0.6 is 0 Å². The smallest absolute Gasteiger partial charge is 0.0203 e. The third-order valence-corrected chi connectivity index (χ3v) is 5.48. The van der Waals surface area contributed by atoms with Crippen molar-refractivity contribution in [1.29, 1.82) is 0 Å². The van der Waals surface area contributed by atoms with Crippen molar-refractivity contribution in [3.63, 3.8) is 0 Å². The first-order chi connectivity index (χ1) is 10.8. The van der Waals surface area contributed by atoms with Gasteiger partial charge in [0.05, 0.1) is 0 Å². The summed E-state index contributed by atoms with van der Waals surface area (Å²) in [7, 11) is 0. The second-order valence-electron chi connectivity index (χ2n) is 6.75. The van der Waals surface area contributed by atoms with Gasteiger partial charge in [0.1, 0.15) is 0 Å². The van der Waals surface area contributed by atoms with Gasteiger partial charge in [-0.15, -0.1) is 0 Å². The van der Waals surface area contributed by atoms with E-state index in [9.17, 15) is 0 Å². The number of rotatable bonds is 4. The van der Waals surface area contributed by atoms with Crippen molar-refractivity contribution in [3.05, 3.63) is 70.8 Å². The molecule has 0 amide bonds. The maximum atomic E-state index is 2.46. The minimum atomic E-state index is 0.245. The first-order valence-corrected chi connectivity index (χ1v) is 8.97. The van der Waals surface area contributed by atoms with Gasteiger partial charge in [-0.2, -0.15) is 0 Å². The van der Waals surface area contributed by atoms with Gasteiger partial charge >= 0.3 is 0 Å². The number of aryl methyl sites for hydroxylation is 2. The Morgan fingerprint density at radius 3 is 1.68 bits per heavy atom. The van der Waals surface area contributed by atoms with E-state index < -0.39 is 0 Å². The van der Waals surface area contributed by atoms with E-state index in [1.54, 1.807) is 11.1 Å². The summed E-state index contributed by atoms with van der Waals surface area (Å²) in [6.07, 6.45) is 8.95. The topological polar surface area (TPSA) is 0 Å². The van der Waals surface area contributed by atoms with Gasteiger partial charge in [0.2, 0.25) is 0 Å². The Balaban J connectivity index is 2.11. The second kappa shape index (κ2) is 6.69. The lowest BCUT2D eigenvalue weighted by Crippen LogP contribution is -2.30. The summed E-state index contributed by atoms with van der Waals surface area (Å²) in [5, 5.41) is 0. The van der Waals surface area contributed by atoms with Crippen LogP contribution in [0.25, 0.3) is 0 Å². The molecule has 0 saturated heterocycles. The van der Waals surface area contributed by atoms with Crippen molar-refractivity contribution in [1.82, 2.24) is 0 Å². The number of hydrogen-bond acceptors (Lipinski definition) is 0. The van der Waals surface area contributed by atoms with Crippen LogP contribution in [0.4, 0.5) is 0 Å². The van der Waals surface area contributed by atoms with E-state index in [1.807, 2.05) is 0 Å². The van der Waals surface area contributed by atoms with Crippen LogP contribution in [0.1, 0.15) is 68.2 Å². The van der Waals surface area contributed by atoms with Crippen molar-refractivity contribution in [2.45, 2.75) is 64.2 Å². The van der Waals surface area contributed by atoms with Crippen LogP contribution in [-0.4, -0.2) is 0 Å². The third-order valence-electron chi connectivity index (χ3n) is 5.48. The van der Waals surface area contributed by atoms with E-state index in [4.69, 9.17) is 0 Å². The molecule has 0 spiro atoms. The Kier molecular flexibility index (Phi) is 4.66. The average molecular weight is 292 g/mol. The zero-order valence-corrected chi connectivity index (χ0v) is 14.1. The van der Waals surface area contributed by atoms with E-state index in [0.29, 0.717) is 0 Å². The van der Waals surface area contributed by atoms with E-state index in [1.165, 1.54) is 43.2 Å². The van der Waals surface area contributed by atoms with Gasteiger partial charge in [0.15, 0.2) is 0 Å². The van der Waals surface area contributed by atoms with Crippen LogP contribution in [0.15, 0.2) is 48.5 Å². The molecule has 0 heterocycles. The molecule has 2 aromatic rings. The fourth-order valence-electron chi connectivity index (χ4n) is 4.08. The predicted molar refractivity (Wildman–Crippen MR) is 95.5 cm³/mol. The van der Waals surface area contributed by atoms with Gasteiger partial charge in [0, 0.05) is 5.41 Å². The van der Waals surface area contributed by atoms with Gasteiger partial charge in [0.25, 0.3) is 0 Å². The van der Waals surface area contributed by atoms with Crippen LogP contribution < -0.4 is 0 Å². The average Bonchev–Trinajstić information content (AvgIpc) is 2.62. The summed E-state index contributed by atoms with van der Waals surface area (Å²) in [5.41, 5.74) is 6.26. The molecule has 0 radical (unpaired) electrons. The van der Waals surface area contributed by atoms with Gasteiger partial charge in [-0.25, -0.2) is 0 Å². The van der Waals surface area contributed by atoms with Crippen LogP contribution in [0.2, 0.25) is 0 Å². The van der Waals surface area contributed by atoms with E-state index in [0.717, 1.165) is 12.8 Å². The molecule has 0 unspecified atom stereocenters. The Bertz CT molecular complexity index is 568. The summed E-state index contributed by atoms with van der Waals surface area (Å²) in [6.45, 7) is 4.51. The zero-order valence-electron chi connectivity index (χ0n) is 14.1. The fourth-order valence-corrected chi connectivity index (χ4v) is 4.08.